The Morgan fingerprint density at radius 3 is 2.75 bits per heavy atom. The number of carbonyl (C=O) groups excluding carboxylic acids is 1. The van der Waals surface area contributed by atoms with E-state index in [2.05, 4.69) is 15.4 Å². The molecule has 1 saturated heterocycles. The summed E-state index contributed by atoms with van der Waals surface area (Å²) in [6.07, 6.45) is 4.45. The normalized spacial score (nSPS) is 17.7. The average molecular weight is 376 g/mol. The number of benzene rings is 1. The van der Waals surface area contributed by atoms with Crippen molar-refractivity contribution in [1.82, 2.24) is 10.6 Å². The molecule has 0 aliphatic carbocycles. The zero-order valence-corrected chi connectivity index (χ0v) is 15.7. The number of rotatable bonds is 6. The van der Waals surface area contributed by atoms with E-state index in [4.69, 9.17) is 0 Å². The van der Waals surface area contributed by atoms with Crippen LogP contribution in [0.4, 0.5) is 5.69 Å². The number of nitrogens with one attached hydrogen (secondary N) is 3. The molecule has 6 nitrogen and oxygen atoms in total. The first-order chi connectivity index (χ1) is 10.8. The maximum atomic E-state index is 12.2. The molecule has 1 fully saturated rings. The fraction of sp³-hybridized carbons (Fsp3) is 0.562. The fourth-order valence-electron chi connectivity index (χ4n) is 2.74. The molecule has 1 heterocycles. The highest BCUT2D eigenvalue weighted by atomic mass is 35.5. The third kappa shape index (κ3) is 6.67. The summed E-state index contributed by atoms with van der Waals surface area (Å²) in [4.78, 5) is 12.2. The minimum absolute atomic E-state index is 0. The molecule has 8 heteroatoms. The number of anilines is 1. The van der Waals surface area contributed by atoms with Crippen molar-refractivity contribution in [3.63, 3.8) is 0 Å². The van der Waals surface area contributed by atoms with E-state index in [1.54, 1.807) is 25.1 Å². The summed E-state index contributed by atoms with van der Waals surface area (Å²) in [5.74, 6) is 0.440. The number of piperidine rings is 1. The Morgan fingerprint density at radius 1 is 1.38 bits per heavy atom. The van der Waals surface area contributed by atoms with E-state index in [1.165, 1.54) is 12.8 Å². The quantitative estimate of drug-likeness (QED) is 0.708. The van der Waals surface area contributed by atoms with Gasteiger partial charge in [0.15, 0.2) is 0 Å². The van der Waals surface area contributed by atoms with Crippen LogP contribution in [0, 0.1) is 12.8 Å². The third-order valence-corrected chi connectivity index (χ3v) is 4.62. The van der Waals surface area contributed by atoms with Gasteiger partial charge in [-0.2, -0.15) is 0 Å². The monoisotopic (exact) mass is 375 g/mol. The van der Waals surface area contributed by atoms with E-state index in [9.17, 15) is 13.2 Å². The van der Waals surface area contributed by atoms with Crippen molar-refractivity contribution in [2.24, 2.45) is 5.92 Å². The second-order valence-electron chi connectivity index (χ2n) is 6.16. The van der Waals surface area contributed by atoms with Crippen molar-refractivity contribution in [2.75, 3.05) is 30.6 Å². The summed E-state index contributed by atoms with van der Waals surface area (Å²) >= 11 is 0. The van der Waals surface area contributed by atoms with E-state index >= 15 is 0 Å². The number of amides is 1. The number of aryl methyl sites for hydroxylation is 1. The molecule has 2 rings (SSSR count). The molecule has 0 saturated carbocycles. The van der Waals surface area contributed by atoms with Crippen LogP contribution in [0.15, 0.2) is 18.2 Å². The number of carbonyl (C=O) groups is 1. The van der Waals surface area contributed by atoms with Gasteiger partial charge < -0.3 is 10.6 Å². The van der Waals surface area contributed by atoms with E-state index in [0.717, 1.165) is 31.3 Å². The lowest BCUT2D eigenvalue weighted by Gasteiger charge is -2.22. The van der Waals surface area contributed by atoms with Gasteiger partial charge >= 0.3 is 0 Å². The molecule has 0 aromatic heterocycles. The fourth-order valence-corrected chi connectivity index (χ4v) is 3.35. The predicted octanol–water partition coefficient (Wildman–Crippen LogP) is 1.91. The van der Waals surface area contributed by atoms with Gasteiger partial charge in [0.25, 0.3) is 5.91 Å². The van der Waals surface area contributed by atoms with Crippen LogP contribution < -0.4 is 15.4 Å². The first kappa shape index (κ1) is 20.7. The van der Waals surface area contributed by atoms with Gasteiger partial charge in [-0.3, -0.25) is 9.52 Å². The molecule has 136 valence electrons. The Kier molecular flexibility index (Phi) is 7.99. The van der Waals surface area contributed by atoms with Crippen LogP contribution in [0.3, 0.4) is 0 Å². The minimum atomic E-state index is -3.36. The highest BCUT2D eigenvalue weighted by Crippen LogP contribution is 2.18. The van der Waals surface area contributed by atoms with Gasteiger partial charge in [0, 0.05) is 12.1 Å². The van der Waals surface area contributed by atoms with Crippen LogP contribution in [-0.4, -0.2) is 40.2 Å². The van der Waals surface area contributed by atoms with Gasteiger partial charge in [0.1, 0.15) is 0 Å². The molecule has 24 heavy (non-hydrogen) atoms. The Labute approximate surface area is 150 Å². The van der Waals surface area contributed by atoms with Gasteiger partial charge in [0.05, 0.1) is 11.9 Å². The van der Waals surface area contributed by atoms with Gasteiger partial charge in [-0.1, -0.05) is 6.07 Å². The number of hydrogen-bond donors (Lipinski definition) is 3. The summed E-state index contributed by atoms with van der Waals surface area (Å²) in [5.41, 5.74) is 1.68. The molecular weight excluding hydrogens is 350 g/mol. The molecule has 1 aromatic carbocycles. The van der Waals surface area contributed by atoms with Crippen LogP contribution in [0.2, 0.25) is 0 Å². The van der Waals surface area contributed by atoms with Gasteiger partial charge in [-0.05, 0) is 62.9 Å². The number of sulfonamides is 1. The second-order valence-corrected chi connectivity index (χ2v) is 7.91. The van der Waals surface area contributed by atoms with Crippen LogP contribution in [0.25, 0.3) is 0 Å². The largest absolute Gasteiger partial charge is 0.352 e. The summed E-state index contributed by atoms with van der Waals surface area (Å²) in [5, 5.41) is 6.27. The van der Waals surface area contributed by atoms with Crippen molar-refractivity contribution in [1.29, 1.82) is 0 Å². The lowest BCUT2D eigenvalue weighted by Crippen LogP contribution is -2.33. The van der Waals surface area contributed by atoms with Crippen molar-refractivity contribution >= 4 is 34.0 Å². The summed E-state index contributed by atoms with van der Waals surface area (Å²) in [6.45, 7) is 4.53. The minimum Gasteiger partial charge on any atom is -0.352 e. The summed E-state index contributed by atoms with van der Waals surface area (Å²) in [6, 6.07) is 5.03. The smallest absolute Gasteiger partial charge is 0.251 e. The Bertz CT molecular complexity index is 659. The van der Waals surface area contributed by atoms with Gasteiger partial charge in [-0.25, -0.2) is 8.42 Å². The topological polar surface area (TPSA) is 87.3 Å². The van der Waals surface area contributed by atoms with Gasteiger partial charge in [0.2, 0.25) is 10.0 Å². The Balaban J connectivity index is 0.00000288. The lowest BCUT2D eigenvalue weighted by molar-refractivity contribution is 0.0950. The molecule has 0 bridgehead atoms. The zero-order valence-electron chi connectivity index (χ0n) is 14.1. The molecule has 1 aliphatic heterocycles. The maximum Gasteiger partial charge on any atom is 0.251 e. The van der Waals surface area contributed by atoms with Crippen molar-refractivity contribution < 1.29 is 13.2 Å². The molecule has 1 aromatic rings. The lowest BCUT2D eigenvalue weighted by atomic mass is 9.96. The Morgan fingerprint density at radius 2 is 2.12 bits per heavy atom. The first-order valence-electron chi connectivity index (χ1n) is 7.92. The van der Waals surface area contributed by atoms with E-state index < -0.39 is 10.0 Å². The first-order valence-corrected chi connectivity index (χ1v) is 9.81. The second kappa shape index (κ2) is 9.25. The summed E-state index contributed by atoms with van der Waals surface area (Å²) in [7, 11) is -3.36. The SMILES string of the molecule is Cc1ccc(C(=O)NCCC2CCCNC2)cc1NS(C)(=O)=O.Cl. The molecule has 3 N–H and O–H groups in total. The third-order valence-electron chi connectivity index (χ3n) is 4.03. The average Bonchev–Trinajstić information content (AvgIpc) is 2.49. The highest BCUT2D eigenvalue weighted by Gasteiger charge is 2.14. The van der Waals surface area contributed by atoms with E-state index in [1.807, 2.05) is 0 Å². The standard InChI is InChI=1S/C16H25N3O3S.ClH/c1-12-5-6-14(10-15(12)19-23(2,21)22)16(20)18-9-7-13-4-3-8-17-11-13;/h5-6,10,13,17,19H,3-4,7-9,11H2,1-2H3,(H,18,20);1H. The molecule has 0 radical (unpaired) electrons. The zero-order chi connectivity index (χ0) is 16.9. The summed E-state index contributed by atoms with van der Waals surface area (Å²) < 4.78 is 25.2. The predicted molar refractivity (Wildman–Crippen MR) is 99.4 cm³/mol. The molecule has 1 unspecified atom stereocenters. The molecule has 1 atom stereocenters. The van der Waals surface area contributed by atoms with Crippen LogP contribution in [0.1, 0.15) is 35.2 Å². The molecule has 1 aliphatic rings. The molecular formula is C16H26ClN3O3S. The van der Waals surface area contributed by atoms with E-state index in [-0.39, 0.29) is 18.3 Å². The van der Waals surface area contributed by atoms with Crippen molar-refractivity contribution in [3.8, 4) is 0 Å². The van der Waals surface area contributed by atoms with Crippen LogP contribution >= 0.6 is 12.4 Å². The molecule has 1 amide bonds. The van der Waals surface area contributed by atoms with Crippen molar-refractivity contribution in [2.45, 2.75) is 26.2 Å². The molecule has 0 spiro atoms. The highest BCUT2D eigenvalue weighted by molar-refractivity contribution is 7.92. The Hall–Kier alpha value is -1.31. The van der Waals surface area contributed by atoms with Crippen LogP contribution in [-0.2, 0) is 10.0 Å². The van der Waals surface area contributed by atoms with Gasteiger partial charge in [-0.15, -0.1) is 12.4 Å². The van der Waals surface area contributed by atoms with Crippen molar-refractivity contribution in [3.05, 3.63) is 29.3 Å². The number of hydrogen-bond acceptors (Lipinski definition) is 4. The van der Waals surface area contributed by atoms with E-state index in [0.29, 0.717) is 23.7 Å². The number of halogens is 1. The maximum absolute atomic E-state index is 12.2. The van der Waals surface area contributed by atoms with Crippen LogP contribution in [0.5, 0.6) is 0 Å².